The van der Waals surface area contributed by atoms with E-state index in [0.717, 1.165) is 11.8 Å². The first kappa shape index (κ1) is 16.1. The normalized spacial score (nSPS) is 11.5. The maximum absolute atomic E-state index is 12.3. The predicted molar refractivity (Wildman–Crippen MR) is 89.3 cm³/mol. The Morgan fingerprint density at radius 1 is 1.18 bits per heavy atom. The van der Waals surface area contributed by atoms with Crippen LogP contribution in [0.25, 0.3) is 11.0 Å². The largest absolute Gasteiger partial charge is 0.421 e. The summed E-state index contributed by atoms with van der Waals surface area (Å²) < 4.78 is 5.32. The van der Waals surface area contributed by atoms with Gasteiger partial charge in [0, 0.05) is 17.3 Å². The number of carbonyl (C=O) groups excluding carboxylic acids is 1. The van der Waals surface area contributed by atoms with Gasteiger partial charge in [-0.15, -0.1) is 0 Å². The molecule has 5 nitrogen and oxygen atoms in total. The van der Waals surface area contributed by atoms with Gasteiger partial charge in [-0.05, 0) is 18.6 Å². The summed E-state index contributed by atoms with van der Waals surface area (Å²) >= 11 is 0. The molecule has 0 fully saturated rings. The number of fused-ring (bicyclic) bond motifs is 1. The third-order valence-corrected chi connectivity index (χ3v) is 3.28. The summed E-state index contributed by atoms with van der Waals surface area (Å²) in [5.74, 6) is -0.227. The van der Waals surface area contributed by atoms with Crippen LogP contribution in [0.4, 0.5) is 11.4 Å². The second-order valence-electron chi connectivity index (χ2n) is 6.27. The summed E-state index contributed by atoms with van der Waals surface area (Å²) in [7, 11) is 0. The number of hydrogen-bond acceptors (Lipinski definition) is 4. The fourth-order valence-corrected chi connectivity index (χ4v) is 2.00. The molecule has 0 saturated heterocycles. The van der Waals surface area contributed by atoms with Gasteiger partial charge in [-0.1, -0.05) is 39.8 Å². The van der Waals surface area contributed by atoms with Crippen LogP contribution < -0.4 is 16.3 Å². The first-order valence-corrected chi connectivity index (χ1v) is 7.45. The Morgan fingerprint density at radius 2 is 1.86 bits per heavy atom. The summed E-state index contributed by atoms with van der Waals surface area (Å²) in [5.41, 5.74) is 0.147. The van der Waals surface area contributed by atoms with Gasteiger partial charge in [0.15, 0.2) is 5.69 Å². The summed E-state index contributed by atoms with van der Waals surface area (Å²) in [4.78, 5) is 24.5. The summed E-state index contributed by atoms with van der Waals surface area (Å²) in [6, 6.07) is 7.28. The van der Waals surface area contributed by atoms with Gasteiger partial charge in [-0.3, -0.25) is 4.79 Å². The summed E-state index contributed by atoms with van der Waals surface area (Å²) in [6.45, 7) is 8.12. The number of carbonyl (C=O) groups is 1. The molecule has 5 heteroatoms. The smallest absolute Gasteiger partial charge is 0.362 e. The molecule has 0 aliphatic rings. The molecule has 0 saturated carbocycles. The van der Waals surface area contributed by atoms with E-state index in [2.05, 4.69) is 10.6 Å². The van der Waals surface area contributed by atoms with Crippen molar-refractivity contribution in [2.45, 2.75) is 34.1 Å². The molecule has 22 heavy (non-hydrogen) atoms. The third-order valence-electron chi connectivity index (χ3n) is 3.28. The molecule has 0 radical (unpaired) electrons. The zero-order chi connectivity index (χ0) is 16.3. The van der Waals surface area contributed by atoms with E-state index in [1.807, 2.05) is 25.1 Å². The minimum atomic E-state index is -0.597. The number of benzene rings is 1. The van der Waals surface area contributed by atoms with Crippen LogP contribution in [0.2, 0.25) is 0 Å². The molecule has 1 heterocycles. The van der Waals surface area contributed by atoms with Crippen LogP contribution in [0, 0.1) is 5.41 Å². The fourth-order valence-electron chi connectivity index (χ4n) is 2.00. The average molecular weight is 302 g/mol. The Labute approximate surface area is 129 Å². The Bertz CT molecular complexity index is 742. The monoisotopic (exact) mass is 302 g/mol. The molecule has 0 unspecified atom stereocenters. The molecule has 2 aromatic rings. The van der Waals surface area contributed by atoms with Gasteiger partial charge in [0.05, 0.1) is 5.69 Å². The summed E-state index contributed by atoms with van der Waals surface area (Å²) in [6.07, 6.45) is 0.904. The lowest BCUT2D eigenvalue weighted by atomic mass is 9.95. The molecule has 0 aliphatic heterocycles. The maximum Gasteiger partial charge on any atom is 0.362 e. The lowest BCUT2D eigenvalue weighted by molar-refractivity contribution is -0.123. The highest BCUT2D eigenvalue weighted by atomic mass is 16.4. The first-order valence-electron chi connectivity index (χ1n) is 7.45. The van der Waals surface area contributed by atoms with Crippen LogP contribution in [0.5, 0.6) is 0 Å². The molecule has 118 valence electrons. The van der Waals surface area contributed by atoms with Gasteiger partial charge in [-0.2, -0.15) is 0 Å². The Balaban J connectivity index is 2.58. The van der Waals surface area contributed by atoms with E-state index in [1.54, 1.807) is 26.8 Å². The van der Waals surface area contributed by atoms with Gasteiger partial charge in [0.1, 0.15) is 5.58 Å². The van der Waals surface area contributed by atoms with Gasteiger partial charge < -0.3 is 15.1 Å². The molecule has 1 aromatic carbocycles. The first-order chi connectivity index (χ1) is 10.3. The average Bonchev–Trinajstić information content (AvgIpc) is 2.45. The lowest BCUT2D eigenvalue weighted by Crippen LogP contribution is -2.30. The maximum atomic E-state index is 12.3. The molecule has 0 spiro atoms. The quantitative estimate of drug-likeness (QED) is 0.847. The molecule has 2 N–H and O–H groups in total. The van der Waals surface area contributed by atoms with Crippen LogP contribution in [-0.4, -0.2) is 12.5 Å². The number of para-hydroxylation sites is 1. The molecule has 0 aliphatic carbocycles. The summed E-state index contributed by atoms with van der Waals surface area (Å²) in [5, 5.41) is 6.72. The van der Waals surface area contributed by atoms with Gasteiger partial charge in [0.2, 0.25) is 5.91 Å². The van der Waals surface area contributed by atoms with E-state index in [1.165, 1.54) is 0 Å². The highest BCUT2D eigenvalue weighted by Gasteiger charge is 2.24. The molecule has 0 bridgehead atoms. The van der Waals surface area contributed by atoms with E-state index in [0.29, 0.717) is 17.8 Å². The van der Waals surface area contributed by atoms with Crippen molar-refractivity contribution >= 4 is 28.3 Å². The van der Waals surface area contributed by atoms with E-state index < -0.39 is 11.0 Å². The predicted octanol–water partition coefficient (Wildman–Crippen LogP) is 3.60. The van der Waals surface area contributed by atoms with Gasteiger partial charge in [0.25, 0.3) is 0 Å². The van der Waals surface area contributed by atoms with Crippen LogP contribution in [-0.2, 0) is 4.79 Å². The van der Waals surface area contributed by atoms with Crippen LogP contribution in [0.15, 0.2) is 33.5 Å². The van der Waals surface area contributed by atoms with E-state index >= 15 is 0 Å². The van der Waals surface area contributed by atoms with Crippen molar-refractivity contribution in [3.05, 3.63) is 34.7 Å². The fraction of sp³-hybridized carbons (Fsp3) is 0.412. The van der Waals surface area contributed by atoms with Crippen molar-refractivity contribution in [1.82, 2.24) is 0 Å². The van der Waals surface area contributed by atoms with Crippen LogP contribution >= 0.6 is 0 Å². The SMILES string of the molecule is CCCNc1c(NC(=O)C(C)(C)C)c(=O)oc2ccccc12. The highest BCUT2D eigenvalue weighted by Crippen LogP contribution is 2.29. The van der Waals surface area contributed by atoms with Crippen molar-refractivity contribution < 1.29 is 9.21 Å². The molecule has 2 rings (SSSR count). The van der Waals surface area contributed by atoms with Gasteiger partial charge in [-0.25, -0.2) is 4.79 Å². The van der Waals surface area contributed by atoms with Crippen LogP contribution in [0.1, 0.15) is 34.1 Å². The zero-order valence-electron chi connectivity index (χ0n) is 13.4. The lowest BCUT2D eigenvalue weighted by Gasteiger charge is -2.19. The van der Waals surface area contributed by atoms with Crippen molar-refractivity contribution in [3.8, 4) is 0 Å². The van der Waals surface area contributed by atoms with E-state index in [-0.39, 0.29) is 11.6 Å². The van der Waals surface area contributed by atoms with Crippen molar-refractivity contribution in [3.63, 3.8) is 0 Å². The standard InChI is InChI=1S/C17H22N2O3/c1-5-10-18-13-11-8-6-7-9-12(11)22-15(20)14(13)19-16(21)17(2,3)4/h6-9,18H,5,10H2,1-4H3,(H,19,21). The second kappa shape index (κ2) is 6.22. The van der Waals surface area contributed by atoms with Crippen molar-refractivity contribution in [2.24, 2.45) is 5.41 Å². The number of amides is 1. The Hall–Kier alpha value is -2.30. The number of nitrogens with one attached hydrogen (secondary N) is 2. The van der Waals surface area contributed by atoms with Crippen LogP contribution in [0.3, 0.4) is 0 Å². The van der Waals surface area contributed by atoms with Crippen molar-refractivity contribution in [1.29, 1.82) is 0 Å². The molecule has 1 amide bonds. The number of anilines is 2. The Kier molecular flexibility index (Phi) is 4.54. The minimum Gasteiger partial charge on any atom is -0.421 e. The third kappa shape index (κ3) is 3.30. The molecular formula is C17H22N2O3. The Morgan fingerprint density at radius 3 is 2.50 bits per heavy atom. The molecular weight excluding hydrogens is 280 g/mol. The minimum absolute atomic E-state index is 0.173. The van der Waals surface area contributed by atoms with E-state index in [4.69, 9.17) is 4.42 Å². The van der Waals surface area contributed by atoms with Crippen molar-refractivity contribution in [2.75, 3.05) is 17.2 Å². The number of hydrogen-bond donors (Lipinski definition) is 2. The molecule has 0 atom stereocenters. The second-order valence-corrected chi connectivity index (χ2v) is 6.27. The van der Waals surface area contributed by atoms with Gasteiger partial charge >= 0.3 is 5.63 Å². The zero-order valence-corrected chi connectivity index (χ0v) is 13.4. The molecule has 1 aromatic heterocycles. The van der Waals surface area contributed by atoms with E-state index in [9.17, 15) is 9.59 Å². The number of rotatable bonds is 4. The highest BCUT2D eigenvalue weighted by molar-refractivity contribution is 6.03. The topological polar surface area (TPSA) is 71.3 Å².